The molecule has 0 aromatic heterocycles. The molecule has 0 N–H and O–H groups in total. The maximum atomic E-state index is 10.3. The Morgan fingerprint density at radius 2 is 2.27 bits per heavy atom. The number of halogens is 1. The summed E-state index contributed by atoms with van der Waals surface area (Å²) in [4.78, 5) is 10.3. The molecule has 0 fully saturated rings. The van der Waals surface area contributed by atoms with Crippen molar-refractivity contribution in [2.45, 2.75) is 32.6 Å². The minimum Gasteiger partial charge on any atom is -0.281 e. The van der Waals surface area contributed by atoms with Gasteiger partial charge in [0, 0.05) is 12.3 Å². The van der Waals surface area contributed by atoms with Crippen LogP contribution in [0.3, 0.4) is 0 Å². The van der Waals surface area contributed by atoms with Crippen LogP contribution in [-0.4, -0.2) is 5.24 Å². The molecule has 1 atom stereocenters. The highest BCUT2D eigenvalue weighted by Crippen LogP contribution is 2.08. The van der Waals surface area contributed by atoms with Crippen LogP contribution in [0, 0.1) is 17.2 Å². The summed E-state index contributed by atoms with van der Waals surface area (Å²) in [7, 11) is 0. The van der Waals surface area contributed by atoms with Gasteiger partial charge in [-0.05, 0) is 31.4 Å². The maximum absolute atomic E-state index is 10.3. The average Bonchev–Trinajstić information content (AvgIpc) is 1.97. The zero-order valence-corrected chi connectivity index (χ0v) is 7.40. The second-order valence-electron chi connectivity index (χ2n) is 2.63. The van der Waals surface area contributed by atoms with Crippen molar-refractivity contribution in [3.05, 3.63) is 0 Å². The van der Waals surface area contributed by atoms with Crippen LogP contribution in [0.25, 0.3) is 0 Å². The number of unbranched alkanes of at least 4 members (excludes halogenated alkanes) is 1. The first-order chi connectivity index (χ1) is 5.16. The molecule has 2 nitrogen and oxygen atoms in total. The molecule has 0 rings (SSSR count). The second kappa shape index (κ2) is 6.18. The normalized spacial score (nSPS) is 12.1. The molecule has 0 aromatic carbocycles. The first-order valence-electron chi connectivity index (χ1n) is 3.74. The van der Waals surface area contributed by atoms with Gasteiger partial charge in [0.05, 0.1) is 6.07 Å². The van der Waals surface area contributed by atoms with Crippen molar-refractivity contribution >= 4 is 16.8 Å². The molecule has 3 heteroatoms. The Hall–Kier alpha value is -0.550. The van der Waals surface area contributed by atoms with E-state index in [0.717, 1.165) is 19.3 Å². The number of carbonyl (C=O) groups excluding carboxylic acids is 1. The molecule has 0 saturated heterocycles. The Labute approximate surface area is 72.2 Å². The van der Waals surface area contributed by atoms with Gasteiger partial charge in [-0.25, -0.2) is 0 Å². The van der Waals surface area contributed by atoms with Crippen LogP contribution >= 0.6 is 11.6 Å². The number of nitrogens with zero attached hydrogens (tertiary/aromatic N) is 1. The molecular weight excluding hydrogens is 162 g/mol. The van der Waals surface area contributed by atoms with Crippen LogP contribution in [0.4, 0.5) is 0 Å². The predicted molar refractivity (Wildman–Crippen MR) is 44.1 cm³/mol. The standard InChI is InChI=1S/C8H12ClNO/c1-7(6-10)4-2-3-5-8(9)11/h7H,2-5H2,1H3. The number of hydrogen-bond donors (Lipinski definition) is 0. The minimum atomic E-state index is -0.283. The monoisotopic (exact) mass is 173 g/mol. The van der Waals surface area contributed by atoms with Gasteiger partial charge in [0.25, 0.3) is 0 Å². The highest BCUT2D eigenvalue weighted by Gasteiger charge is 2.00. The Morgan fingerprint density at radius 3 is 2.73 bits per heavy atom. The van der Waals surface area contributed by atoms with Crippen molar-refractivity contribution in [3.8, 4) is 6.07 Å². The zero-order valence-electron chi connectivity index (χ0n) is 6.64. The van der Waals surface area contributed by atoms with Crippen molar-refractivity contribution < 1.29 is 4.79 Å². The topological polar surface area (TPSA) is 40.9 Å². The van der Waals surface area contributed by atoms with E-state index in [0.29, 0.717) is 6.42 Å². The second-order valence-corrected chi connectivity index (χ2v) is 3.05. The number of nitriles is 1. The van der Waals surface area contributed by atoms with Gasteiger partial charge < -0.3 is 0 Å². The van der Waals surface area contributed by atoms with Crippen molar-refractivity contribution in [3.63, 3.8) is 0 Å². The maximum Gasteiger partial charge on any atom is 0.221 e. The largest absolute Gasteiger partial charge is 0.281 e. The smallest absolute Gasteiger partial charge is 0.221 e. The van der Waals surface area contributed by atoms with E-state index in [9.17, 15) is 4.79 Å². The summed E-state index contributed by atoms with van der Waals surface area (Å²) in [6.45, 7) is 1.88. The van der Waals surface area contributed by atoms with Gasteiger partial charge in [-0.1, -0.05) is 6.42 Å². The Balaban J connectivity index is 3.16. The molecule has 0 saturated carbocycles. The van der Waals surface area contributed by atoms with E-state index < -0.39 is 0 Å². The highest BCUT2D eigenvalue weighted by molar-refractivity contribution is 6.63. The Bertz CT molecular complexity index is 162. The van der Waals surface area contributed by atoms with E-state index in [4.69, 9.17) is 16.9 Å². The van der Waals surface area contributed by atoms with E-state index >= 15 is 0 Å². The predicted octanol–water partition coefficient (Wildman–Crippen LogP) is 2.47. The van der Waals surface area contributed by atoms with Gasteiger partial charge in [0.15, 0.2) is 0 Å². The third kappa shape index (κ3) is 7.35. The van der Waals surface area contributed by atoms with E-state index in [2.05, 4.69) is 6.07 Å². The molecule has 11 heavy (non-hydrogen) atoms. The van der Waals surface area contributed by atoms with Crippen LogP contribution < -0.4 is 0 Å². The van der Waals surface area contributed by atoms with Crippen molar-refractivity contribution in [1.29, 1.82) is 5.26 Å². The summed E-state index contributed by atoms with van der Waals surface area (Å²) < 4.78 is 0. The van der Waals surface area contributed by atoms with Gasteiger partial charge in [0.1, 0.15) is 0 Å². The Morgan fingerprint density at radius 1 is 1.64 bits per heavy atom. The molecular formula is C8H12ClNO. The lowest BCUT2D eigenvalue weighted by molar-refractivity contribution is -0.111. The lowest BCUT2D eigenvalue weighted by Crippen LogP contribution is -1.91. The summed E-state index contributed by atoms with van der Waals surface area (Å²) in [6, 6.07) is 2.14. The minimum absolute atomic E-state index is 0.0976. The van der Waals surface area contributed by atoms with E-state index in [1.165, 1.54) is 0 Å². The number of rotatable bonds is 5. The van der Waals surface area contributed by atoms with Crippen molar-refractivity contribution in [2.75, 3.05) is 0 Å². The molecule has 0 aliphatic rings. The SMILES string of the molecule is CC(C#N)CCCCC(=O)Cl. The molecule has 0 spiro atoms. The first-order valence-corrected chi connectivity index (χ1v) is 4.12. The van der Waals surface area contributed by atoms with Gasteiger partial charge in [0.2, 0.25) is 5.24 Å². The summed E-state index contributed by atoms with van der Waals surface area (Å²) in [5, 5.41) is 8.12. The molecule has 0 heterocycles. The van der Waals surface area contributed by atoms with Crippen LogP contribution in [0.2, 0.25) is 0 Å². The molecule has 62 valence electrons. The van der Waals surface area contributed by atoms with Gasteiger partial charge >= 0.3 is 0 Å². The molecule has 0 radical (unpaired) electrons. The summed E-state index contributed by atoms with van der Waals surface area (Å²) in [6.07, 6.45) is 3.00. The van der Waals surface area contributed by atoms with Gasteiger partial charge in [-0.2, -0.15) is 5.26 Å². The lowest BCUT2D eigenvalue weighted by atomic mass is 10.1. The van der Waals surface area contributed by atoms with Crippen LogP contribution in [0.1, 0.15) is 32.6 Å². The fraction of sp³-hybridized carbons (Fsp3) is 0.750. The van der Waals surface area contributed by atoms with Crippen LogP contribution in [0.15, 0.2) is 0 Å². The van der Waals surface area contributed by atoms with Crippen molar-refractivity contribution in [1.82, 2.24) is 0 Å². The molecule has 0 aliphatic carbocycles. The van der Waals surface area contributed by atoms with E-state index in [1.54, 1.807) is 0 Å². The Kier molecular flexibility index (Phi) is 5.87. The average molecular weight is 174 g/mol. The quantitative estimate of drug-likeness (QED) is 0.474. The summed E-state index contributed by atoms with van der Waals surface area (Å²) in [5.74, 6) is 0.0976. The van der Waals surface area contributed by atoms with Crippen LogP contribution in [-0.2, 0) is 4.79 Å². The third-order valence-electron chi connectivity index (χ3n) is 1.48. The number of hydrogen-bond acceptors (Lipinski definition) is 2. The summed E-state index contributed by atoms with van der Waals surface area (Å²) >= 11 is 5.12. The number of carbonyl (C=O) groups is 1. The van der Waals surface area contributed by atoms with Gasteiger partial charge in [-0.3, -0.25) is 4.79 Å². The zero-order chi connectivity index (χ0) is 8.69. The molecule has 0 aromatic rings. The highest BCUT2D eigenvalue weighted by atomic mass is 35.5. The fourth-order valence-electron chi connectivity index (χ4n) is 0.779. The van der Waals surface area contributed by atoms with E-state index in [-0.39, 0.29) is 11.2 Å². The van der Waals surface area contributed by atoms with Crippen LogP contribution in [0.5, 0.6) is 0 Å². The first kappa shape index (κ1) is 10.4. The van der Waals surface area contributed by atoms with E-state index in [1.807, 2.05) is 6.92 Å². The third-order valence-corrected chi connectivity index (χ3v) is 1.67. The molecule has 1 unspecified atom stereocenters. The van der Waals surface area contributed by atoms with Gasteiger partial charge in [-0.15, -0.1) is 0 Å². The van der Waals surface area contributed by atoms with Crippen molar-refractivity contribution in [2.24, 2.45) is 5.92 Å². The summed E-state index contributed by atoms with van der Waals surface area (Å²) in [5.41, 5.74) is 0. The molecule has 0 bridgehead atoms. The molecule has 0 amide bonds. The lowest BCUT2D eigenvalue weighted by Gasteiger charge is -1.99. The fourth-order valence-corrected chi connectivity index (χ4v) is 0.913. The molecule has 0 aliphatic heterocycles.